The molecule has 3 rings (SSSR count). The van der Waals surface area contributed by atoms with Gasteiger partial charge in [0, 0.05) is 12.6 Å². The van der Waals surface area contributed by atoms with Gasteiger partial charge in [-0.2, -0.15) is 0 Å². The van der Waals surface area contributed by atoms with Crippen molar-refractivity contribution in [2.24, 2.45) is 0 Å². The van der Waals surface area contributed by atoms with Crippen LogP contribution in [0.4, 0.5) is 5.69 Å². The Balaban J connectivity index is 1.59. The van der Waals surface area contributed by atoms with Crippen molar-refractivity contribution in [3.05, 3.63) is 53.9 Å². The molecule has 2 aromatic rings. The number of amides is 1. The van der Waals surface area contributed by atoms with Crippen LogP contribution in [0.5, 0.6) is 5.75 Å². The van der Waals surface area contributed by atoms with Crippen molar-refractivity contribution in [3.8, 4) is 5.75 Å². The second-order valence-electron chi connectivity index (χ2n) is 4.70. The lowest BCUT2D eigenvalue weighted by atomic mass is 10.1. The number of anilines is 1. The fourth-order valence-corrected chi connectivity index (χ4v) is 2.27. The number of carbonyl (C=O) groups excluding carboxylic acids is 1. The lowest BCUT2D eigenvalue weighted by Crippen LogP contribution is -2.35. The monoisotopic (exact) mass is 269 g/mol. The normalized spacial score (nSPS) is 16.3. The minimum atomic E-state index is -0.275. The molecule has 1 aliphatic rings. The summed E-state index contributed by atoms with van der Waals surface area (Å²) in [5, 5.41) is 2.81. The second-order valence-corrected chi connectivity index (χ2v) is 4.70. The SMILES string of the molecule is Nc1cccnc1C(=O)NCC1Cc2ccccc2O1. The number of hydrogen-bond donors (Lipinski definition) is 2. The minimum absolute atomic E-state index is 0.0405. The highest BCUT2D eigenvalue weighted by Gasteiger charge is 2.23. The number of nitrogen functional groups attached to an aromatic ring is 1. The van der Waals surface area contributed by atoms with Crippen molar-refractivity contribution in [2.45, 2.75) is 12.5 Å². The maximum absolute atomic E-state index is 12.0. The molecule has 20 heavy (non-hydrogen) atoms. The van der Waals surface area contributed by atoms with Crippen LogP contribution in [-0.4, -0.2) is 23.5 Å². The number of fused-ring (bicyclic) bond motifs is 1. The zero-order valence-corrected chi connectivity index (χ0v) is 10.9. The third kappa shape index (κ3) is 2.42. The number of nitrogens with zero attached hydrogens (tertiary/aromatic N) is 1. The van der Waals surface area contributed by atoms with E-state index in [1.165, 1.54) is 5.56 Å². The van der Waals surface area contributed by atoms with Crippen LogP contribution in [0.3, 0.4) is 0 Å². The summed E-state index contributed by atoms with van der Waals surface area (Å²) in [5.41, 5.74) is 7.52. The molecule has 1 amide bonds. The van der Waals surface area contributed by atoms with Gasteiger partial charge in [0.1, 0.15) is 11.9 Å². The molecule has 1 aromatic carbocycles. The Kier molecular flexibility index (Phi) is 3.25. The van der Waals surface area contributed by atoms with Gasteiger partial charge in [-0.05, 0) is 23.8 Å². The van der Waals surface area contributed by atoms with Gasteiger partial charge in [-0.25, -0.2) is 4.98 Å². The zero-order chi connectivity index (χ0) is 13.9. The first kappa shape index (κ1) is 12.5. The van der Waals surface area contributed by atoms with E-state index in [1.807, 2.05) is 24.3 Å². The molecule has 1 atom stereocenters. The molecule has 3 N–H and O–H groups in total. The molecule has 0 spiro atoms. The highest BCUT2D eigenvalue weighted by Crippen LogP contribution is 2.27. The predicted molar refractivity (Wildman–Crippen MR) is 75.5 cm³/mol. The quantitative estimate of drug-likeness (QED) is 0.883. The maximum atomic E-state index is 12.0. The Morgan fingerprint density at radius 1 is 1.35 bits per heavy atom. The number of nitrogens with two attached hydrogens (primary N) is 1. The van der Waals surface area contributed by atoms with E-state index >= 15 is 0 Å². The third-order valence-corrected chi connectivity index (χ3v) is 3.26. The summed E-state index contributed by atoms with van der Waals surface area (Å²) < 4.78 is 5.76. The largest absolute Gasteiger partial charge is 0.488 e. The van der Waals surface area contributed by atoms with Crippen molar-refractivity contribution >= 4 is 11.6 Å². The van der Waals surface area contributed by atoms with E-state index in [0.717, 1.165) is 12.2 Å². The molecule has 0 saturated carbocycles. The highest BCUT2D eigenvalue weighted by molar-refractivity contribution is 5.96. The average molecular weight is 269 g/mol. The lowest BCUT2D eigenvalue weighted by molar-refractivity contribution is 0.0929. The third-order valence-electron chi connectivity index (χ3n) is 3.26. The Morgan fingerprint density at radius 3 is 3.00 bits per heavy atom. The molecule has 1 unspecified atom stereocenters. The summed E-state index contributed by atoms with van der Waals surface area (Å²) in [6, 6.07) is 11.3. The predicted octanol–water partition coefficient (Wildman–Crippen LogP) is 1.40. The number of benzene rings is 1. The van der Waals surface area contributed by atoms with Gasteiger partial charge < -0.3 is 15.8 Å². The number of rotatable bonds is 3. The van der Waals surface area contributed by atoms with Gasteiger partial charge in [-0.1, -0.05) is 18.2 Å². The Morgan fingerprint density at radius 2 is 2.20 bits per heavy atom. The molecule has 0 saturated heterocycles. The van der Waals surface area contributed by atoms with E-state index in [1.54, 1.807) is 18.3 Å². The van der Waals surface area contributed by atoms with Gasteiger partial charge in [0.05, 0.1) is 12.2 Å². The van der Waals surface area contributed by atoms with Gasteiger partial charge in [0.2, 0.25) is 0 Å². The smallest absolute Gasteiger partial charge is 0.272 e. The molecule has 1 aromatic heterocycles. The van der Waals surface area contributed by atoms with Gasteiger partial charge in [-0.15, -0.1) is 0 Å². The van der Waals surface area contributed by atoms with Crippen LogP contribution in [0.15, 0.2) is 42.6 Å². The molecule has 1 aliphatic heterocycles. The molecule has 0 fully saturated rings. The number of para-hydroxylation sites is 1. The number of hydrogen-bond acceptors (Lipinski definition) is 4. The molecule has 0 aliphatic carbocycles. The van der Waals surface area contributed by atoms with E-state index in [9.17, 15) is 4.79 Å². The van der Waals surface area contributed by atoms with Gasteiger partial charge in [0.15, 0.2) is 5.69 Å². The van der Waals surface area contributed by atoms with Crippen LogP contribution in [0.1, 0.15) is 16.1 Å². The molecular weight excluding hydrogens is 254 g/mol. The fourth-order valence-electron chi connectivity index (χ4n) is 2.27. The van der Waals surface area contributed by atoms with Crippen LogP contribution in [0, 0.1) is 0 Å². The number of aromatic nitrogens is 1. The standard InChI is InChI=1S/C15H15N3O2/c16-12-5-3-7-17-14(12)15(19)18-9-11-8-10-4-1-2-6-13(10)20-11/h1-7,11H,8-9,16H2,(H,18,19). The fraction of sp³-hybridized carbons (Fsp3) is 0.200. The maximum Gasteiger partial charge on any atom is 0.272 e. The summed E-state index contributed by atoms with van der Waals surface area (Å²) in [6.07, 6.45) is 2.31. The van der Waals surface area contributed by atoms with Crippen LogP contribution in [-0.2, 0) is 6.42 Å². The Labute approximate surface area is 116 Å². The van der Waals surface area contributed by atoms with E-state index in [4.69, 9.17) is 10.5 Å². The van der Waals surface area contributed by atoms with Crippen molar-refractivity contribution in [1.29, 1.82) is 0 Å². The van der Waals surface area contributed by atoms with Crippen LogP contribution < -0.4 is 15.8 Å². The first-order chi connectivity index (χ1) is 9.74. The zero-order valence-electron chi connectivity index (χ0n) is 10.9. The topological polar surface area (TPSA) is 77.2 Å². The van der Waals surface area contributed by atoms with Crippen LogP contribution in [0.2, 0.25) is 0 Å². The molecular formula is C15H15N3O2. The Hall–Kier alpha value is -2.56. The van der Waals surface area contributed by atoms with Crippen molar-refractivity contribution in [1.82, 2.24) is 10.3 Å². The molecule has 102 valence electrons. The molecule has 0 radical (unpaired) electrons. The van der Waals surface area contributed by atoms with Gasteiger partial charge >= 0.3 is 0 Å². The summed E-state index contributed by atoms with van der Waals surface area (Å²) in [6.45, 7) is 0.434. The summed E-state index contributed by atoms with van der Waals surface area (Å²) in [7, 11) is 0. The molecule has 5 nitrogen and oxygen atoms in total. The van der Waals surface area contributed by atoms with Crippen LogP contribution in [0.25, 0.3) is 0 Å². The average Bonchev–Trinajstić information content (AvgIpc) is 2.88. The Bertz CT molecular complexity index is 618. The second kappa shape index (κ2) is 5.21. The molecule has 0 bridgehead atoms. The van der Waals surface area contributed by atoms with Crippen molar-refractivity contribution in [3.63, 3.8) is 0 Å². The highest BCUT2D eigenvalue weighted by atomic mass is 16.5. The van der Waals surface area contributed by atoms with Crippen molar-refractivity contribution in [2.75, 3.05) is 12.3 Å². The number of ether oxygens (including phenoxy) is 1. The summed E-state index contributed by atoms with van der Waals surface area (Å²) in [5.74, 6) is 0.617. The van der Waals surface area contributed by atoms with Crippen molar-refractivity contribution < 1.29 is 9.53 Å². The number of pyridine rings is 1. The summed E-state index contributed by atoms with van der Waals surface area (Å²) in [4.78, 5) is 16.0. The van der Waals surface area contributed by atoms with E-state index in [0.29, 0.717) is 12.2 Å². The molecule has 5 heteroatoms. The molecule has 2 heterocycles. The lowest BCUT2D eigenvalue weighted by Gasteiger charge is -2.12. The van der Waals surface area contributed by atoms with Crippen LogP contribution >= 0.6 is 0 Å². The van der Waals surface area contributed by atoms with E-state index in [-0.39, 0.29) is 17.7 Å². The first-order valence-electron chi connectivity index (χ1n) is 6.47. The number of nitrogens with one attached hydrogen (secondary N) is 1. The first-order valence-corrected chi connectivity index (χ1v) is 6.47. The number of carbonyl (C=O) groups is 1. The van der Waals surface area contributed by atoms with Gasteiger partial charge in [-0.3, -0.25) is 4.79 Å². The van der Waals surface area contributed by atoms with E-state index < -0.39 is 0 Å². The summed E-state index contributed by atoms with van der Waals surface area (Å²) >= 11 is 0. The minimum Gasteiger partial charge on any atom is -0.488 e. The van der Waals surface area contributed by atoms with Gasteiger partial charge in [0.25, 0.3) is 5.91 Å². The van der Waals surface area contributed by atoms with E-state index in [2.05, 4.69) is 10.3 Å².